The van der Waals surface area contributed by atoms with Crippen molar-refractivity contribution in [2.24, 2.45) is 20.0 Å². The monoisotopic (exact) mass is 671 g/mol. The van der Waals surface area contributed by atoms with Crippen molar-refractivity contribution in [3.05, 3.63) is 215 Å². The van der Waals surface area contributed by atoms with E-state index >= 15 is 0 Å². The second-order valence-corrected chi connectivity index (χ2v) is 17.8. The molecule has 4 aromatic carbocycles. The Morgan fingerprint density at radius 2 is 0.653 bits per heavy atom. The molecule has 0 aromatic heterocycles. The number of rotatable bonds is 5. The number of aliphatic imine (C=N–C) groups is 4. The summed E-state index contributed by atoms with van der Waals surface area (Å²) in [5, 5.41) is 0. The minimum absolute atomic E-state index is 0.845. The molecule has 235 valence electrons. The molecule has 0 amide bonds. The van der Waals surface area contributed by atoms with Gasteiger partial charge in [0.1, 0.15) is 0 Å². The molecule has 4 nitrogen and oxygen atoms in total. The van der Waals surface area contributed by atoms with Crippen LogP contribution in [0.15, 0.2) is 235 Å². The van der Waals surface area contributed by atoms with Gasteiger partial charge in [-0.1, -0.05) is 0 Å². The van der Waals surface area contributed by atoms with E-state index in [2.05, 4.69) is 146 Å². The third kappa shape index (κ3) is 4.59. The second kappa shape index (κ2) is 11.6. The van der Waals surface area contributed by atoms with Crippen LogP contribution >= 0.6 is 0 Å². The van der Waals surface area contributed by atoms with E-state index in [0.29, 0.717) is 0 Å². The third-order valence-electron chi connectivity index (χ3n) is 8.89. The number of benzene rings is 4. The second-order valence-electron chi connectivity index (χ2n) is 11.9. The predicted molar refractivity (Wildman–Crippen MR) is 202 cm³/mol. The summed E-state index contributed by atoms with van der Waals surface area (Å²) in [7, 11) is 0. The summed E-state index contributed by atoms with van der Waals surface area (Å²) < 4.78 is 6.17. The zero-order valence-corrected chi connectivity index (χ0v) is 27.6. The molecule has 0 atom stereocenters. The van der Waals surface area contributed by atoms with Crippen LogP contribution in [0.25, 0.3) is 0 Å². The zero-order valence-electron chi connectivity index (χ0n) is 26.5. The molecular weight excluding hydrogens is 640 g/mol. The number of hydrogen-bond donors (Lipinski definition) is 0. The van der Waals surface area contributed by atoms with Crippen LogP contribution in [0.2, 0.25) is 0 Å². The van der Waals surface area contributed by atoms with Gasteiger partial charge in [-0.15, -0.1) is 0 Å². The van der Waals surface area contributed by atoms with E-state index in [0.717, 1.165) is 45.6 Å². The van der Waals surface area contributed by atoms with E-state index in [1.54, 1.807) is 0 Å². The first kappa shape index (κ1) is 29.2. The predicted octanol–water partition coefficient (Wildman–Crippen LogP) is 6.90. The number of fused-ring (bicyclic) bond motifs is 4. The average molecular weight is 672 g/mol. The summed E-state index contributed by atoms with van der Waals surface area (Å²) in [4.78, 5) is 20.2. The van der Waals surface area contributed by atoms with Gasteiger partial charge < -0.3 is 0 Å². The maximum atomic E-state index is 5.44. The van der Waals surface area contributed by atoms with Crippen molar-refractivity contribution in [3.63, 3.8) is 0 Å². The van der Waals surface area contributed by atoms with Crippen LogP contribution in [-0.4, -0.2) is 22.8 Å². The van der Waals surface area contributed by atoms with E-state index in [4.69, 9.17) is 20.0 Å². The number of allylic oxidation sites excluding steroid dienone is 12. The molecule has 0 aliphatic carbocycles. The van der Waals surface area contributed by atoms with Crippen LogP contribution in [-0.2, 0) is 11.8 Å². The van der Waals surface area contributed by atoms with Gasteiger partial charge in [0.25, 0.3) is 0 Å². The molecule has 0 unspecified atom stereocenters. The molecular formula is C44H31FeN4. The Morgan fingerprint density at radius 3 is 1.04 bits per heavy atom. The standard InChI is InChI=1S/C20H11N4.4C6H5.Fe/c1-2-14-10-16-5-6-18(23-16)12-20-8-7-19(24-20)11-17-4-3-15(22-17)9-13(1)21-14;4*1-2-4-6-5-3-1;/h1-7,9-12H;4*1-5H;. The van der Waals surface area contributed by atoms with Gasteiger partial charge in [-0.25, -0.2) is 0 Å². The van der Waals surface area contributed by atoms with Gasteiger partial charge in [0.05, 0.1) is 0 Å². The maximum absolute atomic E-state index is 5.44. The molecule has 0 radical (unpaired) electrons. The quantitative estimate of drug-likeness (QED) is 0.208. The fourth-order valence-electron chi connectivity index (χ4n) is 6.87. The van der Waals surface area contributed by atoms with Gasteiger partial charge in [-0.2, -0.15) is 0 Å². The van der Waals surface area contributed by atoms with Crippen molar-refractivity contribution < 1.29 is 11.8 Å². The van der Waals surface area contributed by atoms with Gasteiger partial charge in [0.2, 0.25) is 0 Å². The van der Waals surface area contributed by atoms with Crippen LogP contribution in [0.1, 0.15) is 0 Å². The van der Waals surface area contributed by atoms with E-state index in [1.807, 2.05) is 42.5 Å². The van der Waals surface area contributed by atoms with Gasteiger partial charge >= 0.3 is 288 Å². The SMILES string of the molecule is C1=CC2=NC1=CC1=NC(=CC3=NC(=CC4=NC(=C2)C=C4)C=[C]3[Fe]([c]2ccccc2)([c]2ccccc2)([c]2ccccc2)[c]2ccccc2)C=C1. The van der Waals surface area contributed by atoms with Crippen molar-refractivity contribution in [2.45, 2.75) is 0 Å². The fourth-order valence-corrected chi connectivity index (χ4v) is 15.4. The van der Waals surface area contributed by atoms with Crippen LogP contribution in [0.5, 0.6) is 0 Å². The van der Waals surface area contributed by atoms with Gasteiger partial charge in [-0.05, 0) is 0 Å². The van der Waals surface area contributed by atoms with E-state index < -0.39 is 11.8 Å². The van der Waals surface area contributed by atoms with Crippen LogP contribution < -0.4 is 17.8 Å². The molecule has 0 saturated carbocycles. The van der Waals surface area contributed by atoms with Crippen molar-refractivity contribution in [1.82, 2.24) is 0 Å². The van der Waals surface area contributed by atoms with Crippen LogP contribution in [0.3, 0.4) is 0 Å². The fraction of sp³-hybridized carbons (Fsp3) is 0. The molecule has 49 heavy (non-hydrogen) atoms. The van der Waals surface area contributed by atoms with Crippen LogP contribution in [0, 0.1) is 0 Å². The molecule has 9 rings (SSSR count). The van der Waals surface area contributed by atoms with Gasteiger partial charge in [0, 0.05) is 0 Å². The molecule has 0 saturated heterocycles. The van der Waals surface area contributed by atoms with Gasteiger partial charge in [-0.3, -0.25) is 0 Å². The zero-order chi connectivity index (χ0) is 32.7. The van der Waals surface area contributed by atoms with Crippen molar-refractivity contribution >= 4 is 40.7 Å². The van der Waals surface area contributed by atoms with Crippen LogP contribution in [0.4, 0.5) is 0 Å². The van der Waals surface area contributed by atoms with Gasteiger partial charge in [0.15, 0.2) is 0 Å². The van der Waals surface area contributed by atoms with E-state index in [9.17, 15) is 0 Å². The molecule has 5 aliphatic rings. The summed E-state index contributed by atoms with van der Waals surface area (Å²) in [5.41, 5.74) is 6.87. The number of hydrogen-bond acceptors (Lipinski definition) is 4. The first-order valence-electron chi connectivity index (χ1n) is 16.2. The summed E-state index contributed by atoms with van der Waals surface area (Å²) in [6.45, 7) is 0. The Bertz CT molecular complexity index is 2230. The van der Waals surface area contributed by atoms with Crippen molar-refractivity contribution in [1.29, 1.82) is 0 Å². The molecule has 4 aromatic rings. The first-order chi connectivity index (χ1) is 24.2. The number of nitrogens with zero attached hydrogens (tertiary/aromatic N) is 4. The normalized spacial score (nSPS) is 18.3. The first-order valence-corrected chi connectivity index (χ1v) is 18.9. The molecule has 5 heterocycles. The van der Waals surface area contributed by atoms with E-state index in [-0.39, 0.29) is 0 Å². The molecule has 8 bridgehead atoms. The summed E-state index contributed by atoms with van der Waals surface area (Å²) in [5.74, 6) is 0. The molecule has 5 aliphatic heterocycles. The Balaban J connectivity index is 1.43. The summed E-state index contributed by atoms with van der Waals surface area (Å²) in [6.07, 6.45) is 22.8. The topological polar surface area (TPSA) is 49.4 Å². The average Bonchev–Trinajstić information content (AvgIpc) is 3.98. The summed E-state index contributed by atoms with van der Waals surface area (Å²) in [6, 6.07) is 44.2. The molecule has 0 N–H and O–H groups in total. The minimum atomic E-state index is -3.99. The Kier molecular flexibility index (Phi) is 6.91. The Hall–Kier alpha value is -6.00. The van der Waals surface area contributed by atoms with Crippen molar-refractivity contribution in [3.8, 4) is 0 Å². The third-order valence-corrected chi connectivity index (χ3v) is 17.1. The molecule has 0 fully saturated rings. The van der Waals surface area contributed by atoms with Crippen molar-refractivity contribution in [2.75, 3.05) is 0 Å². The Morgan fingerprint density at radius 1 is 0.306 bits per heavy atom. The molecule has 5 heteroatoms. The molecule has 0 spiro atoms. The van der Waals surface area contributed by atoms with E-state index in [1.165, 1.54) is 22.3 Å². The summed E-state index contributed by atoms with van der Waals surface area (Å²) >= 11 is -3.99. The Labute approximate surface area is 286 Å².